The summed E-state index contributed by atoms with van der Waals surface area (Å²) in [5, 5.41) is 0.181. The van der Waals surface area contributed by atoms with Gasteiger partial charge in [0, 0.05) is 22.7 Å². The van der Waals surface area contributed by atoms with Crippen LogP contribution in [0.5, 0.6) is 0 Å². The van der Waals surface area contributed by atoms with Crippen LogP contribution in [0.1, 0.15) is 18.4 Å². The monoisotopic (exact) mass is 259 g/mol. The molecule has 16 heavy (non-hydrogen) atoms. The number of halogens is 1. The third-order valence-electron chi connectivity index (χ3n) is 3.06. The second kappa shape index (κ2) is 4.02. The average Bonchev–Trinajstić information content (AvgIpc) is 2.91. The first-order chi connectivity index (χ1) is 7.47. The molecule has 0 saturated heterocycles. The summed E-state index contributed by atoms with van der Waals surface area (Å²) in [5.41, 5.74) is 6.75. The normalized spacial score (nSPS) is 29.1. The molecule has 5 heteroatoms. The summed E-state index contributed by atoms with van der Waals surface area (Å²) in [6.45, 7) is 1.65. The van der Waals surface area contributed by atoms with Gasteiger partial charge in [-0.3, -0.25) is 0 Å². The van der Waals surface area contributed by atoms with Crippen LogP contribution < -0.4 is 5.73 Å². The number of hydrogen-bond donors (Lipinski definition) is 1. The molecule has 0 spiro atoms. The standard InChI is InChI=1S/C11H14ClNO2S/c1-2-16(14,15)11-9(10(11)13)7-4-3-5-8(12)6-7/h3-6,9-11H,2,13H2,1H3/t9-,10-,11+/m1/s1. The van der Waals surface area contributed by atoms with Gasteiger partial charge in [-0.2, -0.15) is 0 Å². The largest absolute Gasteiger partial charge is 0.326 e. The first-order valence-corrected chi connectivity index (χ1v) is 7.29. The molecule has 0 amide bonds. The molecular formula is C11H14ClNO2S. The Labute approximate surface area is 101 Å². The highest BCUT2D eigenvalue weighted by molar-refractivity contribution is 7.92. The Morgan fingerprint density at radius 3 is 2.69 bits per heavy atom. The Hall–Kier alpha value is -0.580. The van der Waals surface area contributed by atoms with Gasteiger partial charge in [-0.15, -0.1) is 0 Å². The number of benzene rings is 1. The smallest absolute Gasteiger partial charge is 0.155 e. The van der Waals surface area contributed by atoms with Crippen LogP contribution in [0.15, 0.2) is 24.3 Å². The molecule has 3 nitrogen and oxygen atoms in total. The van der Waals surface area contributed by atoms with Crippen molar-refractivity contribution in [2.75, 3.05) is 5.75 Å². The molecule has 0 aromatic heterocycles. The lowest BCUT2D eigenvalue weighted by Gasteiger charge is -2.00. The van der Waals surface area contributed by atoms with Crippen molar-refractivity contribution < 1.29 is 8.42 Å². The maximum absolute atomic E-state index is 11.7. The van der Waals surface area contributed by atoms with Crippen LogP contribution in [0.4, 0.5) is 0 Å². The van der Waals surface area contributed by atoms with Gasteiger partial charge in [-0.1, -0.05) is 30.7 Å². The molecule has 0 unspecified atom stereocenters. The minimum Gasteiger partial charge on any atom is -0.326 e. The van der Waals surface area contributed by atoms with E-state index >= 15 is 0 Å². The van der Waals surface area contributed by atoms with Crippen molar-refractivity contribution in [1.82, 2.24) is 0 Å². The van der Waals surface area contributed by atoms with E-state index < -0.39 is 15.1 Å². The van der Waals surface area contributed by atoms with Crippen LogP contribution in [-0.2, 0) is 9.84 Å². The van der Waals surface area contributed by atoms with E-state index in [4.69, 9.17) is 17.3 Å². The Kier molecular flexibility index (Phi) is 2.99. The molecule has 1 aliphatic rings. The van der Waals surface area contributed by atoms with Gasteiger partial charge in [0.2, 0.25) is 0 Å². The molecule has 2 rings (SSSR count). The molecule has 1 aromatic carbocycles. The van der Waals surface area contributed by atoms with Crippen LogP contribution in [0.3, 0.4) is 0 Å². The molecule has 0 heterocycles. The Bertz CT molecular complexity index is 500. The van der Waals surface area contributed by atoms with E-state index in [0.717, 1.165) is 5.56 Å². The van der Waals surface area contributed by atoms with E-state index in [1.807, 2.05) is 12.1 Å². The van der Waals surface area contributed by atoms with Crippen molar-refractivity contribution in [1.29, 1.82) is 0 Å². The van der Waals surface area contributed by atoms with Crippen molar-refractivity contribution in [3.63, 3.8) is 0 Å². The molecule has 2 N–H and O–H groups in total. The van der Waals surface area contributed by atoms with Gasteiger partial charge >= 0.3 is 0 Å². The summed E-state index contributed by atoms with van der Waals surface area (Å²) in [4.78, 5) is 0. The SMILES string of the molecule is CCS(=O)(=O)[C@@H]1[C@H](N)[C@H]1c1cccc(Cl)c1. The zero-order valence-electron chi connectivity index (χ0n) is 8.93. The van der Waals surface area contributed by atoms with E-state index in [-0.39, 0.29) is 17.7 Å². The first kappa shape index (κ1) is 11.9. The minimum atomic E-state index is -3.05. The van der Waals surface area contributed by atoms with Crippen molar-refractivity contribution >= 4 is 21.4 Å². The highest BCUT2D eigenvalue weighted by atomic mass is 35.5. The highest BCUT2D eigenvalue weighted by Crippen LogP contribution is 2.45. The maximum Gasteiger partial charge on any atom is 0.155 e. The van der Waals surface area contributed by atoms with Gasteiger partial charge in [-0.05, 0) is 17.7 Å². The Morgan fingerprint density at radius 2 is 2.12 bits per heavy atom. The lowest BCUT2D eigenvalue weighted by molar-refractivity contribution is 0.594. The lowest BCUT2D eigenvalue weighted by Crippen LogP contribution is -2.17. The summed E-state index contributed by atoms with van der Waals surface area (Å²) in [7, 11) is -3.05. The van der Waals surface area contributed by atoms with Gasteiger partial charge in [0.05, 0.1) is 5.25 Å². The first-order valence-electron chi connectivity index (χ1n) is 5.20. The molecule has 0 radical (unpaired) electrons. The van der Waals surface area contributed by atoms with E-state index in [0.29, 0.717) is 5.02 Å². The van der Waals surface area contributed by atoms with Gasteiger partial charge in [-0.25, -0.2) is 8.42 Å². The van der Waals surface area contributed by atoms with Crippen LogP contribution >= 0.6 is 11.6 Å². The van der Waals surface area contributed by atoms with Gasteiger partial charge < -0.3 is 5.73 Å². The summed E-state index contributed by atoms with van der Waals surface area (Å²) in [5.74, 6) is 0.0475. The van der Waals surface area contributed by atoms with Gasteiger partial charge in [0.1, 0.15) is 0 Å². The summed E-state index contributed by atoms with van der Waals surface area (Å²) in [6, 6.07) is 6.96. The Balaban J connectivity index is 2.27. The lowest BCUT2D eigenvalue weighted by atomic mass is 10.1. The summed E-state index contributed by atoms with van der Waals surface area (Å²) >= 11 is 5.87. The van der Waals surface area contributed by atoms with E-state index in [2.05, 4.69) is 0 Å². The molecule has 1 saturated carbocycles. The Morgan fingerprint density at radius 1 is 1.44 bits per heavy atom. The topological polar surface area (TPSA) is 60.2 Å². The number of rotatable bonds is 3. The van der Waals surface area contributed by atoms with Gasteiger partial charge in [0.25, 0.3) is 0 Å². The van der Waals surface area contributed by atoms with E-state index in [9.17, 15) is 8.42 Å². The molecule has 3 atom stereocenters. The van der Waals surface area contributed by atoms with Crippen LogP contribution in [0.2, 0.25) is 5.02 Å². The number of hydrogen-bond acceptors (Lipinski definition) is 3. The molecule has 88 valence electrons. The number of nitrogens with two attached hydrogens (primary N) is 1. The zero-order valence-corrected chi connectivity index (χ0v) is 10.5. The zero-order chi connectivity index (χ0) is 11.9. The fourth-order valence-electron chi connectivity index (χ4n) is 2.09. The fraction of sp³-hybridized carbons (Fsp3) is 0.455. The highest BCUT2D eigenvalue weighted by Gasteiger charge is 2.55. The second-order valence-electron chi connectivity index (χ2n) is 4.07. The molecule has 1 fully saturated rings. The third kappa shape index (κ3) is 1.97. The van der Waals surface area contributed by atoms with Crippen molar-refractivity contribution in [3.8, 4) is 0 Å². The van der Waals surface area contributed by atoms with Crippen molar-refractivity contribution in [2.45, 2.75) is 24.1 Å². The summed E-state index contributed by atoms with van der Waals surface area (Å²) < 4.78 is 23.5. The van der Waals surface area contributed by atoms with Crippen LogP contribution in [-0.4, -0.2) is 25.5 Å². The van der Waals surface area contributed by atoms with Gasteiger partial charge in [0.15, 0.2) is 9.84 Å². The number of sulfone groups is 1. The van der Waals surface area contributed by atoms with E-state index in [1.165, 1.54) is 0 Å². The third-order valence-corrected chi connectivity index (χ3v) is 5.53. The van der Waals surface area contributed by atoms with Crippen molar-refractivity contribution in [3.05, 3.63) is 34.9 Å². The molecular weight excluding hydrogens is 246 g/mol. The minimum absolute atomic E-state index is 0.0938. The summed E-state index contributed by atoms with van der Waals surface area (Å²) in [6.07, 6.45) is 0. The predicted molar refractivity (Wildman–Crippen MR) is 65.4 cm³/mol. The average molecular weight is 260 g/mol. The maximum atomic E-state index is 11.7. The van der Waals surface area contributed by atoms with Crippen LogP contribution in [0.25, 0.3) is 0 Å². The molecule has 1 aromatic rings. The predicted octanol–water partition coefficient (Wildman–Crippen LogP) is 1.57. The molecule has 1 aliphatic carbocycles. The van der Waals surface area contributed by atoms with Crippen LogP contribution in [0, 0.1) is 0 Å². The quantitative estimate of drug-likeness (QED) is 0.896. The molecule has 0 bridgehead atoms. The fourth-order valence-corrected chi connectivity index (χ4v) is 4.01. The van der Waals surface area contributed by atoms with Crippen molar-refractivity contribution in [2.24, 2.45) is 5.73 Å². The second-order valence-corrected chi connectivity index (χ2v) is 6.96. The van der Waals surface area contributed by atoms with E-state index in [1.54, 1.807) is 19.1 Å². The molecule has 0 aliphatic heterocycles.